The van der Waals surface area contributed by atoms with Gasteiger partial charge in [-0.2, -0.15) is 0 Å². The topological polar surface area (TPSA) is 71.5 Å². The Labute approximate surface area is 110 Å². The summed E-state index contributed by atoms with van der Waals surface area (Å²) >= 11 is 5.82. The molecule has 2 N–H and O–H groups in total. The molecule has 0 radical (unpaired) electrons. The van der Waals surface area contributed by atoms with Gasteiger partial charge in [0.05, 0.1) is 17.2 Å². The van der Waals surface area contributed by atoms with Crippen LogP contribution in [0.2, 0.25) is 5.15 Å². The fraction of sp³-hybridized carbons (Fsp3) is 0.500. The van der Waals surface area contributed by atoms with Crippen molar-refractivity contribution in [1.82, 2.24) is 4.98 Å². The van der Waals surface area contributed by atoms with E-state index in [1.54, 1.807) is 0 Å². The van der Waals surface area contributed by atoms with Gasteiger partial charge < -0.3 is 15.2 Å². The van der Waals surface area contributed by atoms with Gasteiger partial charge in [0, 0.05) is 6.61 Å². The molecule has 2 unspecified atom stereocenters. The SMILES string of the molecule is CC1OCCC1(C)Nc1cc(C(=O)O)cc(Cl)n1. The summed E-state index contributed by atoms with van der Waals surface area (Å²) in [5.41, 5.74) is -0.138. The molecule has 6 heteroatoms. The Hall–Kier alpha value is -1.33. The van der Waals surface area contributed by atoms with E-state index in [0.29, 0.717) is 12.4 Å². The maximum absolute atomic E-state index is 10.9. The Morgan fingerprint density at radius 2 is 2.39 bits per heavy atom. The van der Waals surface area contributed by atoms with Crippen molar-refractivity contribution in [2.24, 2.45) is 0 Å². The first-order valence-electron chi connectivity index (χ1n) is 5.71. The van der Waals surface area contributed by atoms with Gasteiger partial charge in [-0.25, -0.2) is 9.78 Å². The molecule has 0 bridgehead atoms. The van der Waals surface area contributed by atoms with Crippen LogP contribution in [0.15, 0.2) is 12.1 Å². The highest BCUT2D eigenvalue weighted by Crippen LogP contribution is 2.29. The molecule has 1 aliphatic rings. The number of halogens is 1. The summed E-state index contributed by atoms with van der Waals surface area (Å²) in [6, 6.07) is 2.80. The lowest BCUT2D eigenvalue weighted by Gasteiger charge is -2.29. The van der Waals surface area contributed by atoms with E-state index in [4.69, 9.17) is 21.4 Å². The summed E-state index contributed by atoms with van der Waals surface area (Å²) in [6.45, 7) is 4.67. The van der Waals surface area contributed by atoms with Gasteiger partial charge in [-0.1, -0.05) is 11.6 Å². The first-order chi connectivity index (χ1) is 8.40. The molecule has 2 heterocycles. The van der Waals surface area contributed by atoms with Crippen LogP contribution in [0.5, 0.6) is 0 Å². The number of carboxylic acids is 1. The van der Waals surface area contributed by atoms with Gasteiger partial charge in [0.2, 0.25) is 0 Å². The Morgan fingerprint density at radius 3 is 2.94 bits per heavy atom. The Kier molecular flexibility index (Phi) is 3.45. The van der Waals surface area contributed by atoms with Crippen LogP contribution in [0.3, 0.4) is 0 Å². The van der Waals surface area contributed by atoms with E-state index < -0.39 is 5.97 Å². The molecular formula is C12H15ClN2O3. The Balaban J connectivity index is 2.26. The standard InChI is InChI=1S/C12H15ClN2O3/c1-7-12(2,3-4-18-7)15-10-6-8(11(16)17)5-9(13)14-10/h5-7H,3-4H2,1-2H3,(H,14,15)(H,16,17). The minimum Gasteiger partial charge on any atom is -0.478 e. The molecule has 0 amide bonds. The number of ether oxygens (including phenoxy) is 1. The first kappa shape index (κ1) is 13.1. The Bertz CT molecular complexity index is 480. The summed E-state index contributed by atoms with van der Waals surface area (Å²) in [5.74, 6) is -0.567. The van der Waals surface area contributed by atoms with E-state index in [9.17, 15) is 4.79 Å². The van der Waals surface area contributed by atoms with Gasteiger partial charge in [-0.15, -0.1) is 0 Å². The van der Waals surface area contributed by atoms with Crippen molar-refractivity contribution in [3.63, 3.8) is 0 Å². The minimum atomic E-state index is -1.02. The fourth-order valence-corrected chi connectivity index (χ4v) is 2.18. The number of rotatable bonds is 3. The molecule has 0 saturated carbocycles. The zero-order chi connectivity index (χ0) is 13.3. The molecule has 5 nitrogen and oxygen atoms in total. The number of hydrogen-bond donors (Lipinski definition) is 2. The van der Waals surface area contributed by atoms with E-state index in [0.717, 1.165) is 6.42 Å². The average Bonchev–Trinajstić information content (AvgIpc) is 2.58. The van der Waals surface area contributed by atoms with Gasteiger partial charge in [0.15, 0.2) is 0 Å². The van der Waals surface area contributed by atoms with Crippen molar-refractivity contribution < 1.29 is 14.6 Å². The summed E-state index contributed by atoms with van der Waals surface area (Å²) < 4.78 is 5.51. The number of aromatic carboxylic acids is 1. The van der Waals surface area contributed by atoms with Crippen molar-refractivity contribution in [3.8, 4) is 0 Å². The number of anilines is 1. The highest BCUT2D eigenvalue weighted by Gasteiger charge is 2.37. The predicted octanol–water partition coefficient (Wildman–Crippen LogP) is 2.41. The third-order valence-electron chi connectivity index (χ3n) is 3.34. The largest absolute Gasteiger partial charge is 0.478 e. The molecule has 1 aromatic rings. The second kappa shape index (κ2) is 4.74. The molecule has 18 heavy (non-hydrogen) atoms. The Morgan fingerprint density at radius 1 is 1.67 bits per heavy atom. The number of nitrogens with one attached hydrogen (secondary N) is 1. The summed E-state index contributed by atoms with van der Waals surface area (Å²) in [7, 11) is 0. The van der Waals surface area contributed by atoms with E-state index in [2.05, 4.69) is 10.3 Å². The van der Waals surface area contributed by atoms with E-state index >= 15 is 0 Å². The molecule has 1 aromatic heterocycles. The lowest BCUT2D eigenvalue weighted by molar-refractivity contribution is 0.0697. The van der Waals surface area contributed by atoms with Gasteiger partial charge in [-0.05, 0) is 32.4 Å². The van der Waals surface area contributed by atoms with Crippen LogP contribution in [0.1, 0.15) is 30.6 Å². The maximum atomic E-state index is 10.9. The van der Waals surface area contributed by atoms with Crippen LogP contribution in [0.25, 0.3) is 0 Å². The summed E-state index contributed by atoms with van der Waals surface area (Å²) in [4.78, 5) is 15.0. The number of carboxylic acid groups (broad SMARTS) is 1. The minimum absolute atomic E-state index is 0.0339. The van der Waals surface area contributed by atoms with Gasteiger partial charge in [0.25, 0.3) is 0 Å². The van der Waals surface area contributed by atoms with Crippen molar-refractivity contribution >= 4 is 23.4 Å². The fourth-order valence-electron chi connectivity index (χ4n) is 1.98. The van der Waals surface area contributed by atoms with Crippen LogP contribution in [-0.2, 0) is 4.74 Å². The van der Waals surface area contributed by atoms with Crippen LogP contribution in [0, 0.1) is 0 Å². The molecule has 1 fully saturated rings. The van der Waals surface area contributed by atoms with Crippen LogP contribution in [-0.4, -0.2) is 34.3 Å². The lowest BCUT2D eigenvalue weighted by atomic mass is 9.94. The smallest absolute Gasteiger partial charge is 0.335 e. The molecule has 2 rings (SSSR count). The predicted molar refractivity (Wildman–Crippen MR) is 68.3 cm³/mol. The highest BCUT2D eigenvalue weighted by atomic mass is 35.5. The third kappa shape index (κ3) is 2.57. The maximum Gasteiger partial charge on any atom is 0.335 e. The quantitative estimate of drug-likeness (QED) is 0.826. The zero-order valence-electron chi connectivity index (χ0n) is 10.2. The molecule has 0 aliphatic carbocycles. The number of nitrogens with zero attached hydrogens (tertiary/aromatic N) is 1. The van der Waals surface area contributed by atoms with Crippen molar-refractivity contribution in [1.29, 1.82) is 0 Å². The normalized spacial score (nSPS) is 27.2. The van der Waals surface area contributed by atoms with E-state index in [1.165, 1.54) is 12.1 Å². The van der Waals surface area contributed by atoms with Gasteiger partial charge >= 0.3 is 5.97 Å². The second-order valence-electron chi connectivity index (χ2n) is 4.67. The highest BCUT2D eigenvalue weighted by molar-refractivity contribution is 6.29. The molecule has 2 atom stereocenters. The van der Waals surface area contributed by atoms with Crippen LogP contribution in [0.4, 0.5) is 5.82 Å². The van der Waals surface area contributed by atoms with Crippen LogP contribution < -0.4 is 5.32 Å². The van der Waals surface area contributed by atoms with E-state index in [-0.39, 0.29) is 22.4 Å². The van der Waals surface area contributed by atoms with Crippen molar-refractivity contribution in [2.45, 2.75) is 31.9 Å². The number of aromatic nitrogens is 1. The molecule has 1 saturated heterocycles. The monoisotopic (exact) mass is 270 g/mol. The first-order valence-corrected chi connectivity index (χ1v) is 6.09. The molecule has 0 spiro atoms. The summed E-state index contributed by atoms with van der Waals surface area (Å²) in [6.07, 6.45) is 0.872. The molecule has 0 aromatic carbocycles. The van der Waals surface area contributed by atoms with Crippen molar-refractivity contribution in [3.05, 3.63) is 22.8 Å². The van der Waals surface area contributed by atoms with Gasteiger partial charge in [0.1, 0.15) is 11.0 Å². The lowest BCUT2D eigenvalue weighted by Crippen LogP contribution is -2.41. The van der Waals surface area contributed by atoms with Gasteiger partial charge in [-0.3, -0.25) is 0 Å². The number of carbonyl (C=O) groups is 1. The van der Waals surface area contributed by atoms with Crippen molar-refractivity contribution in [2.75, 3.05) is 11.9 Å². The number of pyridine rings is 1. The summed E-state index contributed by atoms with van der Waals surface area (Å²) in [5, 5.41) is 12.4. The average molecular weight is 271 g/mol. The van der Waals surface area contributed by atoms with E-state index in [1.807, 2.05) is 13.8 Å². The number of hydrogen-bond acceptors (Lipinski definition) is 4. The molecule has 98 valence electrons. The molecule has 1 aliphatic heterocycles. The third-order valence-corrected chi connectivity index (χ3v) is 3.53. The molecular weight excluding hydrogens is 256 g/mol. The van der Waals surface area contributed by atoms with Crippen LogP contribution >= 0.6 is 11.6 Å². The zero-order valence-corrected chi connectivity index (χ0v) is 11.0. The second-order valence-corrected chi connectivity index (χ2v) is 5.06.